The van der Waals surface area contributed by atoms with Gasteiger partial charge in [0.2, 0.25) is 0 Å². The maximum Gasteiger partial charge on any atom is 0.137 e. The van der Waals surface area contributed by atoms with Crippen molar-refractivity contribution in [3.05, 3.63) is 57.6 Å². The van der Waals surface area contributed by atoms with E-state index < -0.39 is 17.7 Å². The van der Waals surface area contributed by atoms with Gasteiger partial charge in [-0.25, -0.2) is 8.78 Å². The lowest BCUT2D eigenvalue weighted by molar-refractivity contribution is 0.393. The molecule has 0 heterocycles. The molecular weight excluding hydrogens is 344 g/mol. The molecule has 2 aromatic carbocycles. The Morgan fingerprint density at radius 3 is 2.05 bits per heavy atom. The van der Waals surface area contributed by atoms with Gasteiger partial charge in [-0.3, -0.25) is 0 Å². The Bertz CT molecular complexity index is 642. The summed E-state index contributed by atoms with van der Waals surface area (Å²) in [6, 6.07) is 6.29. The van der Waals surface area contributed by atoms with Crippen molar-refractivity contribution in [3.8, 4) is 11.5 Å². The summed E-state index contributed by atoms with van der Waals surface area (Å²) in [7, 11) is 3.01. The largest absolute Gasteiger partial charge is 0.497 e. The highest BCUT2D eigenvalue weighted by Gasteiger charge is 2.18. The highest BCUT2D eigenvalue weighted by Crippen LogP contribution is 2.31. The van der Waals surface area contributed by atoms with Crippen LogP contribution in [-0.4, -0.2) is 14.2 Å². The van der Waals surface area contributed by atoms with Crippen LogP contribution in [0.1, 0.15) is 17.2 Å². The molecule has 6 heteroatoms. The van der Waals surface area contributed by atoms with Crippen LogP contribution >= 0.6 is 15.9 Å². The second-order valence-electron chi connectivity index (χ2n) is 4.41. The Kier molecular flexibility index (Phi) is 4.80. The fourth-order valence-corrected chi connectivity index (χ4v) is 2.28. The minimum absolute atomic E-state index is 0.0548. The van der Waals surface area contributed by atoms with Gasteiger partial charge in [0, 0.05) is 11.6 Å². The van der Waals surface area contributed by atoms with Crippen LogP contribution in [0.15, 0.2) is 34.8 Å². The third kappa shape index (κ3) is 3.33. The van der Waals surface area contributed by atoms with E-state index in [1.54, 1.807) is 18.2 Å². The molecule has 0 amide bonds. The minimum atomic E-state index is -0.836. The number of methoxy groups -OCH3 is 2. The van der Waals surface area contributed by atoms with E-state index in [0.717, 1.165) is 12.1 Å². The van der Waals surface area contributed by atoms with Gasteiger partial charge in [0.05, 0.1) is 24.7 Å². The predicted molar refractivity (Wildman–Crippen MR) is 79.6 cm³/mol. The molecule has 0 spiro atoms. The first-order chi connectivity index (χ1) is 9.96. The van der Waals surface area contributed by atoms with E-state index in [0.29, 0.717) is 17.1 Å². The van der Waals surface area contributed by atoms with Crippen molar-refractivity contribution in [1.82, 2.24) is 0 Å². The van der Waals surface area contributed by atoms with E-state index in [1.165, 1.54) is 14.2 Å². The van der Waals surface area contributed by atoms with Crippen molar-refractivity contribution >= 4 is 15.9 Å². The smallest absolute Gasteiger partial charge is 0.137 e. The van der Waals surface area contributed by atoms with Gasteiger partial charge in [0.1, 0.15) is 23.1 Å². The fourth-order valence-electron chi connectivity index (χ4n) is 1.96. The first kappa shape index (κ1) is 15.7. The highest BCUT2D eigenvalue weighted by atomic mass is 79.9. The monoisotopic (exact) mass is 357 g/mol. The maximum atomic E-state index is 14.0. The summed E-state index contributed by atoms with van der Waals surface area (Å²) in [5.41, 5.74) is 6.67. The average molecular weight is 358 g/mol. The van der Waals surface area contributed by atoms with E-state index >= 15 is 0 Å². The summed E-state index contributed by atoms with van der Waals surface area (Å²) in [5, 5.41) is 0. The van der Waals surface area contributed by atoms with Crippen LogP contribution in [0.25, 0.3) is 0 Å². The van der Waals surface area contributed by atoms with Gasteiger partial charge >= 0.3 is 0 Å². The summed E-state index contributed by atoms with van der Waals surface area (Å²) in [5.74, 6) is -0.107. The van der Waals surface area contributed by atoms with Crippen LogP contribution in [0.4, 0.5) is 8.78 Å². The quantitative estimate of drug-likeness (QED) is 0.846. The molecule has 2 aromatic rings. The summed E-state index contributed by atoms with van der Waals surface area (Å²) in [6.45, 7) is 0. The molecule has 112 valence electrons. The van der Waals surface area contributed by atoms with E-state index in [1.807, 2.05) is 0 Å². The van der Waals surface area contributed by atoms with E-state index in [9.17, 15) is 8.78 Å². The molecule has 0 saturated heterocycles. The zero-order chi connectivity index (χ0) is 15.6. The first-order valence-electron chi connectivity index (χ1n) is 6.09. The molecule has 0 radical (unpaired) electrons. The normalized spacial score (nSPS) is 12.1. The number of nitrogens with two attached hydrogens (primary N) is 1. The van der Waals surface area contributed by atoms with Gasteiger partial charge in [-0.2, -0.15) is 0 Å². The lowest BCUT2D eigenvalue weighted by atomic mass is 9.98. The predicted octanol–water partition coefficient (Wildman–Crippen LogP) is 3.79. The Morgan fingerprint density at radius 1 is 0.952 bits per heavy atom. The molecule has 0 bridgehead atoms. The molecule has 2 rings (SSSR count). The van der Waals surface area contributed by atoms with Crippen LogP contribution in [-0.2, 0) is 0 Å². The molecule has 0 aliphatic rings. The highest BCUT2D eigenvalue weighted by molar-refractivity contribution is 9.10. The summed E-state index contributed by atoms with van der Waals surface area (Å²) in [6.07, 6.45) is 0. The van der Waals surface area contributed by atoms with Gasteiger partial charge in [0.15, 0.2) is 0 Å². The molecule has 21 heavy (non-hydrogen) atoms. The van der Waals surface area contributed by atoms with Crippen molar-refractivity contribution in [2.45, 2.75) is 6.04 Å². The molecule has 1 unspecified atom stereocenters. The van der Waals surface area contributed by atoms with Crippen LogP contribution in [0.5, 0.6) is 11.5 Å². The summed E-state index contributed by atoms with van der Waals surface area (Å²) in [4.78, 5) is 0. The Balaban J connectivity index is 2.49. The van der Waals surface area contributed by atoms with Crippen molar-refractivity contribution < 1.29 is 18.3 Å². The SMILES string of the molecule is COc1cc(OC)cc(C(N)c2cc(F)c(Br)cc2F)c1. The average Bonchev–Trinajstić information content (AvgIpc) is 2.49. The number of benzene rings is 2. The summed E-state index contributed by atoms with van der Waals surface area (Å²) < 4.78 is 37.9. The van der Waals surface area contributed by atoms with Crippen LogP contribution < -0.4 is 15.2 Å². The Morgan fingerprint density at radius 2 is 1.52 bits per heavy atom. The number of hydrogen-bond acceptors (Lipinski definition) is 3. The lowest BCUT2D eigenvalue weighted by Gasteiger charge is -2.16. The molecule has 0 saturated carbocycles. The maximum absolute atomic E-state index is 14.0. The van der Waals surface area contributed by atoms with Gasteiger partial charge < -0.3 is 15.2 Å². The molecule has 2 N–H and O–H groups in total. The summed E-state index contributed by atoms with van der Waals surface area (Å²) >= 11 is 2.94. The molecule has 1 atom stereocenters. The standard InChI is InChI=1S/C15H14BrF2NO2/c1-20-9-3-8(4-10(5-9)21-2)15(19)11-6-14(18)12(16)7-13(11)17/h3-7,15H,19H2,1-2H3. The third-order valence-corrected chi connectivity index (χ3v) is 3.72. The molecule has 3 nitrogen and oxygen atoms in total. The zero-order valence-electron chi connectivity index (χ0n) is 11.5. The third-order valence-electron chi connectivity index (χ3n) is 3.11. The molecule has 0 fully saturated rings. The number of ether oxygens (including phenoxy) is 2. The van der Waals surface area contributed by atoms with Gasteiger partial charge in [-0.15, -0.1) is 0 Å². The van der Waals surface area contributed by atoms with E-state index in [-0.39, 0.29) is 10.0 Å². The first-order valence-corrected chi connectivity index (χ1v) is 6.88. The van der Waals surface area contributed by atoms with Crippen LogP contribution in [0.3, 0.4) is 0 Å². The fraction of sp³-hybridized carbons (Fsp3) is 0.200. The van der Waals surface area contributed by atoms with Crippen molar-refractivity contribution in [2.24, 2.45) is 5.73 Å². The number of halogens is 3. The van der Waals surface area contributed by atoms with Crippen LogP contribution in [0, 0.1) is 11.6 Å². The van der Waals surface area contributed by atoms with E-state index in [2.05, 4.69) is 15.9 Å². The van der Waals surface area contributed by atoms with Crippen molar-refractivity contribution in [3.63, 3.8) is 0 Å². The lowest BCUT2D eigenvalue weighted by Crippen LogP contribution is -2.14. The Hall–Kier alpha value is -1.66. The van der Waals surface area contributed by atoms with Crippen LogP contribution in [0.2, 0.25) is 0 Å². The topological polar surface area (TPSA) is 44.5 Å². The number of rotatable bonds is 4. The second kappa shape index (κ2) is 6.41. The van der Waals surface area contributed by atoms with Crippen molar-refractivity contribution in [2.75, 3.05) is 14.2 Å². The number of hydrogen-bond donors (Lipinski definition) is 1. The van der Waals surface area contributed by atoms with Gasteiger partial charge in [-0.05, 0) is 45.8 Å². The zero-order valence-corrected chi connectivity index (χ0v) is 13.1. The molecule has 0 aliphatic carbocycles. The van der Waals surface area contributed by atoms with E-state index in [4.69, 9.17) is 15.2 Å². The second-order valence-corrected chi connectivity index (χ2v) is 5.27. The van der Waals surface area contributed by atoms with Crippen molar-refractivity contribution in [1.29, 1.82) is 0 Å². The molecular formula is C15H14BrF2NO2. The van der Waals surface area contributed by atoms with Gasteiger partial charge in [0.25, 0.3) is 0 Å². The van der Waals surface area contributed by atoms with Gasteiger partial charge in [-0.1, -0.05) is 0 Å². The minimum Gasteiger partial charge on any atom is -0.497 e. The molecule has 0 aromatic heterocycles. The molecule has 0 aliphatic heterocycles. The Labute approximate surface area is 129 Å².